The number of hydrogen-bond acceptors (Lipinski definition) is 3. The average molecular weight is 283 g/mol. The Morgan fingerprint density at radius 3 is 2.65 bits per heavy atom. The van der Waals surface area contributed by atoms with Gasteiger partial charge in [-0.1, -0.05) is 0 Å². The molecular weight excluding hydrogens is 262 g/mol. The molecule has 0 aromatic carbocycles. The van der Waals surface area contributed by atoms with Crippen molar-refractivity contribution in [3.05, 3.63) is 0 Å². The Balaban J connectivity index is 2.10. The summed E-state index contributed by atoms with van der Waals surface area (Å²) in [6, 6.07) is -0.101. The van der Waals surface area contributed by atoms with Gasteiger partial charge >= 0.3 is 12.0 Å². The van der Waals surface area contributed by atoms with Crippen LogP contribution in [0, 0.1) is 0 Å². The van der Waals surface area contributed by atoms with E-state index in [-0.39, 0.29) is 30.9 Å². The van der Waals surface area contributed by atoms with Crippen LogP contribution in [0.2, 0.25) is 0 Å². The second kappa shape index (κ2) is 5.30. The number of aliphatic carboxylic acids is 1. The van der Waals surface area contributed by atoms with E-state index >= 15 is 0 Å². The van der Waals surface area contributed by atoms with Crippen molar-refractivity contribution in [2.75, 3.05) is 19.6 Å². The van der Waals surface area contributed by atoms with E-state index in [2.05, 4.69) is 5.32 Å². The van der Waals surface area contributed by atoms with E-state index < -0.39 is 11.5 Å². The van der Waals surface area contributed by atoms with Crippen LogP contribution in [0.3, 0.4) is 0 Å². The molecule has 0 spiro atoms. The number of urea groups is 1. The molecule has 1 saturated heterocycles. The van der Waals surface area contributed by atoms with Crippen LogP contribution in [0.25, 0.3) is 0 Å². The molecule has 7 nitrogen and oxygen atoms in total. The van der Waals surface area contributed by atoms with Gasteiger partial charge in [-0.05, 0) is 26.7 Å². The van der Waals surface area contributed by atoms with Crippen LogP contribution in [-0.2, 0) is 9.59 Å². The Hall–Kier alpha value is -1.79. The number of nitrogens with zero attached hydrogens (tertiary/aromatic N) is 2. The summed E-state index contributed by atoms with van der Waals surface area (Å²) in [6.07, 6.45) is 1.75. The van der Waals surface area contributed by atoms with E-state index in [1.54, 1.807) is 23.6 Å². The van der Waals surface area contributed by atoms with E-state index in [9.17, 15) is 14.4 Å². The van der Waals surface area contributed by atoms with Crippen molar-refractivity contribution >= 4 is 17.9 Å². The van der Waals surface area contributed by atoms with Crippen molar-refractivity contribution in [3.63, 3.8) is 0 Å². The van der Waals surface area contributed by atoms with Crippen molar-refractivity contribution in [2.24, 2.45) is 0 Å². The molecule has 1 aliphatic carbocycles. The van der Waals surface area contributed by atoms with E-state index in [0.29, 0.717) is 13.1 Å². The van der Waals surface area contributed by atoms with Gasteiger partial charge in [0.15, 0.2) is 0 Å². The first-order valence-electron chi connectivity index (χ1n) is 6.92. The van der Waals surface area contributed by atoms with Gasteiger partial charge in [-0.3, -0.25) is 9.59 Å². The highest BCUT2D eigenvalue weighted by Crippen LogP contribution is 2.30. The Kier molecular flexibility index (Phi) is 3.87. The number of nitrogens with one attached hydrogen (secondary N) is 1. The Labute approximate surface area is 117 Å². The first-order chi connectivity index (χ1) is 9.34. The number of rotatable bonds is 4. The van der Waals surface area contributed by atoms with Crippen molar-refractivity contribution in [2.45, 2.75) is 44.7 Å². The normalized spacial score (nSPS) is 21.3. The third kappa shape index (κ3) is 2.86. The first-order valence-corrected chi connectivity index (χ1v) is 6.92. The second-order valence-corrected chi connectivity index (χ2v) is 5.82. The molecule has 0 radical (unpaired) electrons. The van der Waals surface area contributed by atoms with Gasteiger partial charge in [0.05, 0.1) is 6.42 Å². The number of carbonyl (C=O) groups excluding carboxylic acids is 2. The summed E-state index contributed by atoms with van der Waals surface area (Å²) in [5.74, 6) is -1.09. The fraction of sp³-hybridized carbons (Fsp3) is 0.769. The molecule has 1 saturated carbocycles. The molecule has 0 bridgehead atoms. The molecule has 0 aromatic rings. The summed E-state index contributed by atoms with van der Waals surface area (Å²) in [5.41, 5.74) is -0.897. The van der Waals surface area contributed by atoms with Gasteiger partial charge in [-0.15, -0.1) is 0 Å². The maximum atomic E-state index is 12.6. The summed E-state index contributed by atoms with van der Waals surface area (Å²) in [5, 5.41) is 11.5. The van der Waals surface area contributed by atoms with E-state index in [0.717, 1.165) is 12.8 Å². The van der Waals surface area contributed by atoms with Crippen molar-refractivity contribution in [3.8, 4) is 0 Å². The van der Waals surface area contributed by atoms with Crippen LogP contribution in [0.1, 0.15) is 33.1 Å². The third-order valence-corrected chi connectivity index (χ3v) is 3.88. The lowest BCUT2D eigenvalue weighted by atomic mass is 9.99. The lowest BCUT2D eigenvalue weighted by Gasteiger charge is -2.43. The van der Waals surface area contributed by atoms with Crippen molar-refractivity contribution in [1.82, 2.24) is 15.1 Å². The number of carboxylic acid groups (broad SMARTS) is 1. The largest absolute Gasteiger partial charge is 0.481 e. The predicted octanol–water partition coefficient (Wildman–Crippen LogP) is 0.256. The topological polar surface area (TPSA) is 90.0 Å². The van der Waals surface area contributed by atoms with Gasteiger partial charge in [0.1, 0.15) is 5.54 Å². The van der Waals surface area contributed by atoms with Crippen LogP contribution in [0.4, 0.5) is 4.79 Å². The molecule has 2 rings (SSSR count). The summed E-state index contributed by atoms with van der Waals surface area (Å²) < 4.78 is 0. The van der Waals surface area contributed by atoms with Gasteiger partial charge in [0.25, 0.3) is 0 Å². The zero-order valence-corrected chi connectivity index (χ0v) is 11.9. The zero-order valence-electron chi connectivity index (χ0n) is 11.9. The fourth-order valence-corrected chi connectivity index (χ4v) is 2.43. The van der Waals surface area contributed by atoms with Crippen LogP contribution in [0.5, 0.6) is 0 Å². The number of hydrogen-bond donors (Lipinski definition) is 2. The molecule has 112 valence electrons. The maximum absolute atomic E-state index is 12.6. The van der Waals surface area contributed by atoms with Crippen molar-refractivity contribution in [1.29, 1.82) is 0 Å². The number of carboxylic acids is 1. The van der Waals surface area contributed by atoms with Gasteiger partial charge in [0, 0.05) is 25.7 Å². The minimum Gasteiger partial charge on any atom is -0.481 e. The zero-order chi connectivity index (χ0) is 14.9. The Bertz CT molecular complexity index is 431. The summed E-state index contributed by atoms with van der Waals surface area (Å²) in [4.78, 5) is 38.4. The second-order valence-electron chi connectivity index (χ2n) is 5.82. The van der Waals surface area contributed by atoms with Crippen LogP contribution >= 0.6 is 0 Å². The van der Waals surface area contributed by atoms with E-state index in [1.165, 1.54) is 0 Å². The summed E-state index contributed by atoms with van der Waals surface area (Å²) >= 11 is 0. The van der Waals surface area contributed by atoms with Crippen LogP contribution < -0.4 is 5.32 Å². The highest BCUT2D eigenvalue weighted by molar-refractivity contribution is 5.91. The summed E-state index contributed by atoms with van der Waals surface area (Å²) in [6.45, 7) is 4.51. The standard InChI is InChI=1S/C13H21N3O4/c1-13(2)11(19)14-6-8-16(13)12(20)15(9-3-4-9)7-5-10(17)18/h9H,3-8H2,1-2H3,(H,14,19)(H,17,18). The summed E-state index contributed by atoms with van der Waals surface area (Å²) in [7, 11) is 0. The highest BCUT2D eigenvalue weighted by atomic mass is 16.4. The minimum atomic E-state index is -0.918. The van der Waals surface area contributed by atoms with E-state index in [1.807, 2.05) is 0 Å². The molecule has 0 unspecified atom stereocenters. The average Bonchev–Trinajstić information content (AvgIpc) is 3.16. The van der Waals surface area contributed by atoms with E-state index in [4.69, 9.17) is 5.11 Å². The third-order valence-electron chi connectivity index (χ3n) is 3.88. The molecule has 3 amide bonds. The number of carbonyl (C=O) groups is 3. The smallest absolute Gasteiger partial charge is 0.321 e. The molecule has 2 aliphatic rings. The van der Waals surface area contributed by atoms with Crippen LogP contribution in [-0.4, -0.2) is 64.0 Å². The molecule has 1 heterocycles. The van der Waals surface area contributed by atoms with Crippen molar-refractivity contribution < 1.29 is 19.5 Å². The maximum Gasteiger partial charge on any atom is 0.321 e. The van der Waals surface area contributed by atoms with Gasteiger partial charge in [-0.2, -0.15) is 0 Å². The molecule has 2 fully saturated rings. The Morgan fingerprint density at radius 2 is 2.10 bits per heavy atom. The predicted molar refractivity (Wildman–Crippen MR) is 71.2 cm³/mol. The molecule has 0 atom stereocenters. The molecule has 2 N–H and O–H groups in total. The lowest BCUT2D eigenvalue weighted by Crippen LogP contribution is -2.65. The molecule has 7 heteroatoms. The molecule has 0 aromatic heterocycles. The quantitative estimate of drug-likeness (QED) is 0.774. The lowest BCUT2D eigenvalue weighted by molar-refractivity contribution is -0.137. The number of amides is 3. The molecule has 20 heavy (non-hydrogen) atoms. The fourth-order valence-electron chi connectivity index (χ4n) is 2.43. The monoisotopic (exact) mass is 283 g/mol. The van der Waals surface area contributed by atoms with Gasteiger partial charge in [-0.25, -0.2) is 4.79 Å². The highest BCUT2D eigenvalue weighted by Gasteiger charge is 2.44. The minimum absolute atomic E-state index is 0.0668. The van der Waals surface area contributed by atoms with Gasteiger partial charge < -0.3 is 20.2 Å². The molecule has 1 aliphatic heterocycles. The molecular formula is C13H21N3O4. The van der Waals surface area contributed by atoms with Gasteiger partial charge in [0.2, 0.25) is 5.91 Å². The van der Waals surface area contributed by atoms with Crippen LogP contribution in [0.15, 0.2) is 0 Å². The SMILES string of the molecule is CC1(C)C(=O)NCCN1C(=O)N(CCC(=O)O)C1CC1. The Morgan fingerprint density at radius 1 is 1.45 bits per heavy atom. The first kappa shape index (κ1) is 14.6. The number of piperazine rings is 1.